The summed E-state index contributed by atoms with van der Waals surface area (Å²) in [5.74, 6) is -3.10. The first kappa shape index (κ1) is 15.4. The summed E-state index contributed by atoms with van der Waals surface area (Å²) in [6.45, 7) is -0.178. The highest BCUT2D eigenvalue weighted by Gasteiger charge is 2.88. The highest BCUT2D eigenvalue weighted by atomic mass is 16.8. The predicted octanol–water partition coefficient (Wildman–Crippen LogP) is -0.0377. The van der Waals surface area contributed by atoms with E-state index in [1.807, 2.05) is 0 Å². The molecule has 2 amide bonds. The molecule has 23 heavy (non-hydrogen) atoms. The maximum atomic E-state index is 12.5. The van der Waals surface area contributed by atoms with Gasteiger partial charge in [-0.15, -0.1) is 0 Å². The number of benzene rings is 1. The van der Waals surface area contributed by atoms with Crippen LogP contribution in [-0.4, -0.2) is 61.9 Å². The van der Waals surface area contributed by atoms with E-state index in [9.17, 15) is 14.4 Å². The van der Waals surface area contributed by atoms with Gasteiger partial charge in [0.1, 0.15) is 5.75 Å². The number of esters is 1. The quantitative estimate of drug-likeness (QED) is 0.332. The minimum Gasteiger partial charge on any atom is -0.497 e. The van der Waals surface area contributed by atoms with E-state index < -0.39 is 29.2 Å². The van der Waals surface area contributed by atoms with Crippen molar-refractivity contribution in [1.82, 2.24) is 4.90 Å². The predicted molar refractivity (Wildman–Crippen MR) is 74.6 cm³/mol. The highest BCUT2D eigenvalue weighted by molar-refractivity contribution is 6.19. The zero-order valence-corrected chi connectivity index (χ0v) is 12.8. The van der Waals surface area contributed by atoms with Crippen molar-refractivity contribution < 1.29 is 33.3 Å². The molecule has 2 atom stereocenters. The third-order valence-corrected chi connectivity index (χ3v) is 4.11. The van der Waals surface area contributed by atoms with Crippen molar-refractivity contribution >= 4 is 17.8 Å². The summed E-state index contributed by atoms with van der Waals surface area (Å²) in [7, 11) is 3.95. The molecule has 3 rings (SSSR count). The summed E-state index contributed by atoms with van der Waals surface area (Å²) in [6.07, 6.45) is 0. The van der Waals surface area contributed by atoms with Gasteiger partial charge in [0.2, 0.25) is 5.79 Å². The van der Waals surface area contributed by atoms with E-state index in [0.717, 1.165) is 12.0 Å². The molecule has 2 fully saturated rings. The van der Waals surface area contributed by atoms with E-state index in [1.165, 1.54) is 26.4 Å². The molecule has 0 aliphatic carbocycles. The molecule has 0 bridgehead atoms. The molecule has 1 aromatic carbocycles. The van der Waals surface area contributed by atoms with Crippen LogP contribution in [-0.2, 0) is 23.8 Å². The van der Waals surface area contributed by atoms with Gasteiger partial charge in [0.05, 0.1) is 20.8 Å². The largest absolute Gasteiger partial charge is 0.497 e. The van der Waals surface area contributed by atoms with Gasteiger partial charge < -0.3 is 18.9 Å². The molecule has 0 N–H and O–H groups in total. The summed E-state index contributed by atoms with van der Waals surface area (Å²) in [5.41, 5.74) is -1.61. The van der Waals surface area contributed by atoms with Crippen LogP contribution in [0, 0.1) is 0 Å². The second-order valence-electron chi connectivity index (χ2n) is 5.16. The fourth-order valence-corrected chi connectivity index (χ4v) is 2.77. The smallest absolute Gasteiger partial charge is 0.354 e. The van der Waals surface area contributed by atoms with Crippen molar-refractivity contribution in [2.24, 2.45) is 0 Å². The van der Waals surface area contributed by atoms with Gasteiger partial charge in [-0.05, 0) is 24.3 Å². The number of likely N-dealkylation sites (tertiary alicyclic amines) is 1. The average Bonchev–Trinajstić information content (AvgIpc) is 3.21. The third kappa shape index (κ3) is 1.88. The number of imide groups is 1. The zero-order valence-electron chi connectivity index (χ0n) is 12.8. The Morgan fingerprint density at radius 3 is 2.35 bits per heavy atom. The third-order valence-electron chi connectivity index (χ3n) is 4.11. The van der Waals surface area contributed by atoms with Crippen LogP contribution in [0.2, 0.25) is 0 Å². The maximum Gasteiger partial charge on any atom is 0.354 e. The van der Waals surface area contributed by atoms with E-state index >= 15 is 0 Å². The van der Waals surface area contributed by atoms with Gasteiger partial charge in [-0.2, -0.15) is 0 Å². The molecule has 0 saturated carbocycles. The van der Waals surface area contributed by atoms with Gasteiger partial charge in [-0.1, -0.05) is 0 Å². The molecule has 0 aromatic heterocycles. The van der Waals surface area contributed by atoms with Crippen molar-refractivity contribution in [2.75, 3.05) is 27.9 Å². The van der Waals surface area contributed by atoms with Gasteiger partial charge in [-0.3, -0.25) is 14.5 Å². The summed E-state index contributed by atoms with van der Waals surface area (Å²) in [6, 6.07) is 6.27. The first-order chi connectivity index (χ1) is 11.0. The van der Waals surface area contributed by atoms with E-state index in [0.29, 0.717) is 5.75 Å². The number of nitrogens with zero attached hydrogens (tertiary/aromatic N) is 1. The molecular formula is C15H15NO7. The van der Waals surface area contributed by atoms with Crippen molar-refractivity contribution in [1.29, 1.82) is 0 Å². The van der Waals surface area contributed by atoms with Crippen LogP contribution >= 0.6 is 0 Å². The molecule has 2 aliphatic rings. The number of carbonyl (C=O) groups excluding carboxylic acids is 3. The molecule has 122 valence electrons. The van der Waals surface area contributed by atoms with E-state index in [-0.39, 0.29) is 12.1 Å². The minimum absolute atomic E-state index is 0.178. The van der Waals surface area contributed by atoms with Crippen LogP contribution in [0.4, 0.5) is 0 Å². The molecule has 0 spiro atoms. The summed E-state index contributed by atoms with van der Waals surface area (Å²) in [5, 5.41) is 0. The van der Waals surface area contributed by atoms with Gasteiger partial charge in [0.15, 0.2) is 0 Å². The number of carbonyl (C=O) groups is 3. The van der Waals surface area contributed by atoms with Crippen molar-refractivity contribution in [2.45, 2.75) is 11.4 Å². The van der Waals surface area contributed by atoms with Gasteiger partial charge in [0, 0.05) is 12.7 Å². The number of hydrogen-bond donors (Lipinski definition) is 0. The zero-order chi connectivity index (χ0) is 16.8. The highest BCUT2D eigenvalue weighted by Crippen LogP contribution is 2.56. The average molecular weight is 321 g/mol. The Balaban J connectivity index is 1.89. The minimum atomic E-state index is -1.89. The number of rotatable bonds is 4. The Morgan fingerprint density at radius 1 is 1.17 bits per heavy atom. The molecule has 0 radical (unpaired) electrons. The molecule has 2 aliphatic heterocycles. The van der Waals surface area contributed by atoms with Crippen molar-refractivity contribution in [3.05, 3.63) is 29.8 Å². The van der Waals surface area contributed by atoms with Crippen LogP contribution in [0.5, 0.6) is 5.75 Å². The Kier molecular flexibility index (Phi) is 3.38. The van der Waals surface area contributed by atoms with Gasteiger partial charge in [0.25, 0.3) is 11.8 Å². The van der Waals surface area contributed by atoms with Crippen LogP contribution < -0.4 is 4.74 Å². The van der Waals surface area contributed by atoms with E-state index in [4.69, 9.17) is 14.2 Å². The van der Waals surface area contributed by atoms with Crippen LogP contribution in [0.25, 0.3) is 0 Å². The van der Waals surface area contributed by atoms with E-state index in [2.05, 4.69) is 4.74 Å². The molecular weight excluding hydrogens is 306 g/mol. The number of methoxy groups -OCH3 is 3. The van der Waals surface area contributed by atoms with Gasteiger partial charge >= 0.3 is 11.6 Å². The van der Waals surface area contributed by atoms with E-state index in [1.54, 1.807) is 12.1 Å². The Morgan fingerprint density at radius 2 is 1.83 bits per heavy atom. The normalized spacial score (nSPS) is 28.3. The standard InChI is InChI=1S/C15H15NO7/c1-20-10-6-4-9(5-7-10)11(17)16-8-14(22-3)15(23-14,12(16)18)13(19)21-2/h4-7H,8H2,1-3H3. The molecule has 1 aromatic rings. The number of ether oxygens (including phenoxy) is 4. The lowest BCUT2D eigenvalue weighted by Gasteiger charge is -2.18. The van der Waals surface area contributed by atoms with Crippen molar-refractivity contribution in [3.63, 3.8) is 0 Å². The topological polar surface area (TPSA) is 94.7 Å². The number of amides is 2. The number of fused-ring (bicyclic) bond motifs is 1. The Bertz CT molecular complexity index is 686. The summed E-state index contributed by atoms with van der Waals surface area (Å²) >= 11 is 0. The molecule has 2 saturated heterocycles. The summed E-state index contributed by atoms with van der Waals surface area (Å²) in [4.78, 5) is 38.0. The van der Waals surface area contributed by atoms with Crippen LogP contribution in [0.1, 0.15) is 10.4 Å². The first-order valence-corrected chi connectivity index (χ1v) is 6.80. The molecule has 8 nitrogen and oxygen atoms in total. The lowest BCUT2D eigenvalue weighted by Crippen LogP contribution is -2.43. The Labute approximate surface area is 131 Å². The number of morpholine rings is 1. The van der Waals surface area contributed by atoms with Crippen LogP contribution in [0.15, 0.2) is 24.3 Å². The van der Waals surface area contributed by atoms with Crippen molar-refractivity contribution in [3.8, 4) is 5.75 Å². The fraction of sp³-hybridized carbons (Fsp3) is 0.400. The summed E-state index contributed by atoms with van der Waals surface area (Å²) < 4.78 is 20.0. The maximum absolute atomic E-state index is 12.5. The molecule has 2 unspecified atom stereocenters. The fourth-order valence-electron chi connectivity index (χ4n) is 2.77. The number of hydrogen-bond acceptors (Lipinski definition) is 7. The number of epoxide rings is 1. The SMILES string of the molecule is COC(=O)C12OC1(OC)CN(C(=O)c1ccc(OC)cc1)C2=O. The lowest BCUT2D eigenvalue weighted by atomic mass is 10.1. The van der Waals surface area contributed by atoms with Crippen LogP contribution in [0.3, 0.4) is 0 Å². The monoisotopic (exact) mass is 321 g/mol. The van der Waals surface area contributed by atoms with Gasteiger partial charge in [-0.25, -0.2) is 4.79 Å². The first-order valence-electron chi connectivity index (χ1n) is 6.80. The second kappa shape index (κ2) is 5.04. The molecule has 2 heterocycles. The lowest BCUT2D eigenvalue weighted by molar-refractivity contribution is -0.153. The Hall–Kier alpha value is -2.45. The second-order valence-corrected chi connectivity index (χ2v) is 5.16. The molecule has 8 heteroatoms.